The molecular weight excluding hydrogens is 418 g/mol. The highest BCUT2D eigenvalue weighted by Crippen LogP contribution is 2.29. The molecule has 0 saturated carbocycles. The van der Waals surface area contributed by atoms with E-state index in [1.807, 2.05) is 68.4 Å². The number of benzene rings is 2. The number of para-hydroxylation sites is 3. The standard InChI is InChI=1S/C26H23N3O2S/c1-18-15-22(19(2)28(18)16-21-11-8-14-31-21)25(30)17-32-26-27-23-12-6-7-13-24(23)29(26)20-9-4-3-5-10-20/h3-15H,16-17H2,1-2H3. The second-order valence-electron chi connectivity index (χ2n) is 7.72. The molecule has 0 fully saturated rings. The molecule has 0 amide bonds. The number of carbonyl (C=O) groups is 1. The lowest BCUT2D eigenvalue weighted by Crippen LogP contribution is -2.08. The molecule has 0 bridgehead atoms. The molecule has 5 nitrogen and oxygen atoms in total. The lowest BCUT2D eigenvalue weighted by atomic mass is 10.2. The number of aryl methyl sites for hydroxylation is 1. The summed E-state index contributed by atoms with van der Waals surface area (Å²) < 4.78 is 9.73. The number of nitrogens with zero attached hydrogens (tertiary/aromatic N) is 3. The van der Waals surface area contributed by atoms with Gasteiger partial charge in [-0.2, -0.15) is 0 Å². The van der Waals surface area contributed by atoms with E-state index in [0.717, 1.165) is 44.6 Å². The summed E-state index contributed by atoms with van der Waals surface area (Å²) in [6, 6.07) is 24.0. The van der Waals surface area contributed by atoms with Gasteiger partial charge in [-0.25, -0.2) is 4.98 Å². The highest BCUT2D eigenvalue weighted by Gasteiger charge is 2.19. The van der Waals surface area contributed by atoms with E-state index in [2.05, 4.69) is 27.3 Å². The van der Waals surface area contributed by atoms with Crippen molar-refractivity contribution in [1.29, 1.82) is 0 Å². The third kappa shape index (κ3) is 3.78. The molecule has 0 radical (unpaired) electrons. The molecule has 3 heterocycles. The van der Waals surface area contributed by atoms with Crippen LogP contribution < -0.4 is 0 Å². The maximum Gasteiger partial charge on any atom is 0.175 e. The number of Topliss-reactive ketones (excluding diaryl/α,β-unsaturated/α-hetero) is 1. The molecule has 5 rings (SSSR count). The van der Waals surface area contributed by atoms with Crippen molar-refractivity contribution >= 4 is 28.6 Å². The van der Waals surface area contributed by atoms with Gasteiger partial charge in [-0.3, -0.25) is 9.36 Å². The van der Waals surface area contributed by atoms with Crippen molar-refractivity contribution in [2.45, 2.75) is 25.5 Å². The topological polar surface area (TPSA) is 53.0 Å². The Labute approximate surface area is 190 Å². The van der Waals surface area contributed by atoms with Gasteiger partial charge < -0.3 is 8.98 Å². The second-order valence-corrected chi connectivity index (χ2v) is 8.66. The normalized spacial score (nSPS) is 11.3. The minimum Gasteiger partial charge on any atom is -0.467 e. The molecule has 0 saturated heterocycles. The van der Waals surface area contributed by atoms with Gasteiger partial charge in [-0.05, 0) is 56.3 Å². The molecular formula is C26H23N3O2S. The van der Waals surface area contributed by atoms with Gasteiger partial charge in [0.1, 0.15) is 5.76 Å². The van der Waals surface area contributed by atoms with Crippen LogP contribution >= 0.6 is 11.8 Å². The number of thioether (sulfide) groups is 1. The average Bonchev–Trinajstić information content (AvgIpc) is 3.52. The van der Waals surface area contributed by atoms with Crippen molar-refractivity contribution in [3.8, 4) is 5.69 Å². The van der Waals surface area contributed by atoms with Crippen molar-refractivity contribution in [3.63, 3.8) is 0 Å². The number of fused-ring (bicyclic) bond motifs is 1. The fourth-order valence-electron chi connectivity index (χ4n) is 4.02. The van der Waals surface area contributed by atoms with Crippen molar-refractivity contribution in [2.24, 2.45) is 0 Å². The van der Waals surface area contributed by atoms with Gasteiger partial charge in [0.2, 0.25) is 0 Å². The van der Waals surface area contributed by atoms with Crippen molar-refractivity contribution in [1.82, 2.24) is 14.1 Å². The minimum absolute atomic E-state index is 0.0977. The number of hydrogen-bond donors (Lipinski definition) is 0. The number of carbonyl (C=O) groups excluding carboxylic acids is 1. The summed E-state index contributed by atoms with van der Waals surface area (Å²) in [5.41, 5.74) is 5.75. The fraction of sp³-hybridized carbons (Fsp3) is 0.154. The number of rotatable bonds is 7. The van der Waals surface area contributed by atoms with Crippen LogP contribution in [-0.2, 0) is 6.54 Å². The molecule has 0 aliphatic rings. The summed E-state index contributed by atoms with van der Waals surface area (Å²) in [7, 11) is 0. The van der Waals surface area contributed by atoms with Gasteiger partial charge in [-0.1, -0.05) is 42.1 Å². The van der Waals surface area contributed by atoms with E-state index in [1.165, 1.54) is 11.8 Å². The zero-order chi connectivity index (χ0) is 22.1. The fourth-order valence-corrected chi connectivity index (χ4v) is 4.93. The van der Waals surface area contributed by atoms with Crippen LogP contribution in [0.1, 0.15) is 27.5 Å². The summed E-state index contributed by atoms with van der Waals surface area (Å²) in [6.07, 6.45) is 1.67. The highest BCUT2D eigenvalue weighted by molar-refractivity contribution is 7.99. The Morgan fingerprint density at radius 1 is 1.00 bits per heavy atom. The Hall–Kier alpha value is -3.51. The molecule has 0 N–H and O–H groups in total. The van der Waals surface area contributed by atoms with Crippen LogP contribution in [0.3, 0.4) is 0 Å². The van der Waals surface area contributed by atoms with Crippen LogP contribution in [0, 0.1) is 13.8 Å². The molecule has 0 spiro atoms. The summed E-state index contributed by atoms with van der Waals surface area (Å²) in [6.45, 7) is 4.64. The summed E-state index contributed by atoms with van der Waals surface area (Å²) in [5.74, 6) is 1.29. The van der Waals surface area contributed by atoms with E-state index >= 15 is 0 Å². The number of imidazole rings is 1. The number of ketones is 1. The van der Waals surface area contributed by atoms with E-state index in [-0.39, 0.29) is 5.78 Å². The third-order valence-electron chi connectivity index (χ3n) is 5.64. The molecule has 32 heavy (non-hydrogen) atoms. The predicted molar refractivity (Wildman–Crippen MR) is 128 cm³/mol. The Kier molecular flexibility index (Phi) is 5.45. The van der Waals surface area contributed by atoms with Crippen LogP contribution in [0.25, 0.3) is 16.7 Å². The lowest BCUT2D eigenvalue weighted by molar-refractivity contribution is 0.102. The van der Waals surface area contributed by atoms with E-state index in [1.54, 1.807) is 6.26 Å². The molecule has 160 valence electrons. The van der Waals surface area contributed by atoms with Crippen molar-refractivity contribution in [3.05, 3.63) is 102 Å². The van der Waals surface area contributed by atoms with Gasteiger partial charge in [0.25, 0.3) is 0 Å². The third-order valence-corrected chi connectivity index (χ3v) is 6.58. The van der Waals surface area contributed by atoms with E-state index in [9.17, 15) is 4.79 Å². The maximum atomic E-state index is 13.2. The first-order valence-electron chi connectivity index (χ1n) is 10.5. The Balaban J connectivity index is 1.42. The van der Waals surface area contributed by atoms with Gasteiger partial charge >= 0.3 is 0 Å². The zero-order valence-corrected chi connectivity index (χ0v) is 18.8. The zero-order valence-electron chi connectivity index (χ0n) is 18.0. The summed E-state index contributed by atoms with van der Waals surface area (Å²) in [4.78, 5) is 18.0. The molecule has 6 heteroatoms. The van der Waals surface area contributed by atoms with E-state index in [4.69, 9.17) is 9.40 Å². The largest absolute Gasteiger partial charge is 0.467 e. The number of furan rings is 1. The van der Waals surface area contributed by atoms with Crippen LogP contribution in [0.15, 0.2) is 88.6 Å². The molecule has 0 aliphatic heterocycles. The van der Waals surface area contributed by atoms with Crippen LogP contribution in [-0.4, -0.2) is 25.7 Å². The average molecular weight is 442 g/mol. The smallest absolute Gasteiger partial charge is 0.175 e. The summed E-state index contributed by atoms with van der Waals surface area (Å²) in [5, 5.41) is 0.815. The highest BCUT2D eigenvalue weighted by atomic mass is 32.2. The summed E-state index contributed by atoms with van der Waals surface area (Å²) >= 11 is 1.47. The Morgan fingerprint density at radius 2 is 1.78 bits per heavy atom. The van der Waals surface area contributed by atoms with Gasteiger partial charge in [0.05, 0.1) is 29.6 Å². The molecule has 3 aromatic heterocycles. The van der Waals surface area contributed by atoms with Crippen LogP contribution in [0.2, 0.25) is 0 Å². The molecule has 2 aromatic carbocycles. The first-order valence-corrected chi connectivity index (χ1v) is 11.5. The maximum absolute atomic E-state index is 13.2. The van der Waals surface area contributed by atoms with Gasteiger partial charge in [0.15, 0.2) is 10.9 Å². The SMILES string of the molecule is Cc1cc(C(=O)CSc2nc3ccccc3n2-c2ccccc2)c(C)n1Cc1ccco1. The molecule has 0 aliphatic carbocycles. The van der Waals surface area contributed by atoms with Gasteiger partial charge in [-0.15, -0.1) is 0 Å². The van der Waals surface area contributed by atoms with E-state index in [0.29, 0.717) is 12.3 Å². The predicted octanol–water partition coefficient (Wildman–Crippen LogP) is 6.06. The first kappa shape index (κ1) is 20.4. The number of aromatic nitrogens is 3. The molecule has 5 aromatic rings. The minimum atomic E-state index is 0.0977. The van der Waals surface area contributed by atoms with Crippen LogP contribution in [0.5, 0.6) is 0 Å². The van der Waals surface area contributed by atoms with Gasteiger partial charge in [0, 0.05) is 22.6 Å². The monoisotopic (exact) mass is 441 g/mol. The quantitative estimate of drug-likeness (QED) is 0.228. The van der Waals surface area contributed by atoms with E-state index < -0.39 is 0 Å². The van der Waals surface area contributed by atoms with Crippen molar-refractivity contribution in [2.75, 3.05) is 5.75 Å². The first-order chi connectivity index (χ1) is 15.6. The second kappa shape index (κ2) is 8.55. The number of hydrogen-bond acceptors (Lipinski definition) is 4. The van der Waals surface area contributed by atoms with Crippen molar-refractivity contribution < 1.29 is 9.21 Å². The molecule has 0 atom stereocenters. The van der Waals surface area contributed by atoms with Crippen LogP contribution in [0.4, 0.5) is 0 Å². The molecule has 0 unspecified atom stereocenters. The Morgan fingerprint density at radius 3 is 2.56 bits per heavy atom. The lowest BCUT2D eigenvalue weighted by Gasteiger charge is -2.09. The Bertz CT molecular complexity index is 1380.